The summed E-state index contributed by atoms with van der Waals surface area (Å²) in [5, 5.41) is 9.04. The van der Waals surface area contributed by atoms with Crippen LogP contribution in [0.1, 0.15) is 56.6 Å². The summed E-state index contributed by atoms with van der Waals surface area (Å²) in [5.41, 5.74) is 3.47. The Kier molecular flexibility index (Phi) is 5.76. The van der Waals surface area contributed by atoms with Crippen LogP contribution in [-0.4, -0.2) is 15.9 Å². The van der Waals surface area contributed by atoms with Crippen molar-refractivity contribution >= 4 is 16.7 Å². The van der Waals surface area contributed by atoms with Gasteiger partial charge in [-0.1, -0.05) is 51.8 Å². The number of aryl methyl sites for hydroxylation is 2. The molecule has 0 saturated heterocycles. The Morgan fingerprint density at radius 1 is 1.23 bits per heavy atom. The number of aliphatic hydroxyl groups excluding tert-OH is 1. The number of allylic oxidation sites excluding steroid dienone is 2. The van der Waals surface area contributed by atoms with Gasteiger partial charge >= 0.3 is 0 Å². The van der Waals surface area contributed by atoms with Crippen molar-refractivity contribution in [2.24, 2.45) is 5.89 Å². The van der Waals surface area contributed by atoms with Gasteiger partial charge in [-0.3, -0.25) is 9.78 Å². The predicted octanol–water partition coefficient (Wildman–Crippen LogP) is 6.55. The molecule has 1 heterocycles. The maximum atomic E-state index is 10.0. The molecule has 0 fully saturated rings. The molecule has 1 aromatic heterocycles. The minimum absolute atomic E-state index is 0. The van der Waals surface area contributed by atoms with Gasteiger partial charge in [0.2, 0.25) is 0 Å². The molecule has 0 bridgehead atoms. The van der Waals surface area contributed by atoms with Crippen LogP contribution in [0.3, 0.4) is 0 Å². The van der Waals surface area contributed by atoms with Crippen molar-refractivity contribution in [2.75, 3.05) is 0 Å². The summed E-state index contributed by atoms with van der Waals surface area (Å²) in [6.07, 6.45) is -1.83. The van der Waals surface area contributed by atoms with E-state index >= 15 is 0 Å². The van der Waals surface area contributed by atoms with E-state index < -0.39 is 26.0 Å². The Morgan fingerprint density at radius 3 is 2.50 bits per heavy atom. The average Bonchev–Trinajstić information content (AvgIpc) is 2.75. The quantitative estimate of drug-likeness (QED) is 0.213. The van der Waals surface area contributed by atoms with Gasteiger partial charge < -0.3 is 5.11 Å². The first-order valence-electron chi connectivity index (χ1n) is 13.5. The molecule has 0 saturated carbocycles. The second-order valence-electron chi connectivity index (χ2n) is 6.75. The number of benzene rings is 2. The summed E-state index contributed by atoms with van der Waals surface area (Å²) in [4.78, 5) is 14.6. The Hall–Kier alpha value is -2.29. The Labute approximate surface area is 206 Å². The van der Waals surface area contributed by atoms with Crippen LogP contribution in [0.5, 0.6) is 0 Å². The fourth-order valence-corrected chi connectivity index (χ4v) is 2.82. The standard InChI is InChI=1S/C21H22N.C5H8O2.Ir/c1-14(2)9-17-5-6-18-7-8-20(22-21(18)13-17)19-11-15(3)10-16(4)12-19;1-4(6)3-5(2)7;/h5-8,10-11,13-14H,9H2,1-4H3;3,6H,1-2H3;/q-1;;/b;4-3-;/i1D3,2D3,9D2,14D;;. The average molecular weight is 590 g/mol. The molecule has 4 heteroatoms. The van der Waals surface area contributed by atoms with E-state index in [1.165, 1.54) is 32.1 Å². The molecule has 0 atom stereocenters. The zero-order valence-corrected chi connectivity index (χ0v) is 19.6. The fraction of sp³-hybridized carbons (Fsp3) is 0.308. The number of fused-ring (bicyclic) bond motifs is 1. The number of ketones is 1. The molecule has 3 nitrogen and oxygen atoms in total. The fourth-order valence-electron chi connectivity index (χ4n) is 2.82. The van der Waals surface area contributed by atoms with Crippen LogP contribution in [-0.2, 0) is 31.3 Å². The molecule has 3 rings (SSSR count). The smallest absolute Gasteiger partial charge is 0.155 e. The first kappa shape index (κ1) is 14.7. The van der Waals surface area contributed by atoms with Gasteiger partial charge in [0.05, 0.1) is 11.3 Å². The summed E-state index contributed by atoms with van der Waals surface area (Å²) in [7, 11) is 0. The van der Waals surface area contributed by atoms with Gasteiger partial charge in [0, 0.05) is 38.5 Å². The monoisotopic (exact) mass is 590 g/mol. The van der Waals surface area contributed by atoms with Crippen LogP contribution in [0.25, 0.3) is 22.2 Å². The minimum Gasteiger partial charge on any atom is -0.512 e. The van der Waals surface area contributed by atoms with Crippen LogP contribution in [0.15, 0.2) is 54.3 Å². The Bertz CT molecular complexity index is 1330. The first-order chi connectivity index (χ1) is 17.2. The van der Waals surface area contributed by atoms with Gasteiger partial charge in [-0.15, -0.1) is 34.9 Å². The molecule has 2 aromatic carbocycles. The Morgan fingerprint density at radius 2 is 1.93 bits per heavy atom. The van der Waals surface area contributed by atoms with Crippen LogP contribution in [0.4, 0.5) is 0 Å². The topological polar surface area (TPSA) is 50.2 Å². The molecule has 1 N–H and O–H groups in total. The third kappa shape index (κ3) is 8.22. The van der Waals surface area contributed by atoms with E-state index in [1.807, 2.05) is 26.0 Å². The van der Waals surface area contributed by atoms with Crippen molar-refractivity contribution in [2.45, 2.75) is 47.8 Å². The molecule has 0 aliphatic carbocycles. The van der Waals surface area contributed by atoms with E-state index in [0.717, 1.165) is 16.7 Å². The molecule has 0 aliphatic heterocycles. The number of hydrogen-bond acceptors (Lipinski definition) is 3. The van der Waals surface area contributed by atoms with E-state index in [1.54, 1.807) is 18.2 Å². The van der Waals surface area contributed by atoms with Crippen molar-refractivity contribution in [3.8, 4) is 11.3 Å². The predicted molar refractivity (Wildman–Crippen MR) is 121 cm³/mol. The normalized spacial score (nSPS) is 17.1. The van der Waals surface area contributed by atoms with E-state index in [2.05, 4.69) is 11.1 Å². The third-order valence-electron chi connectivity index (χ3n) is 3.80. The van der Waals surface area contributed by atoms with Crippen molar-refractivity contribution in [3.05, 3.63) is 77.1 Å². The first-order valence-corrected chi connectivity index (χ1v) is 9.01. The minimum atomic E-state index is -3.39. The van der Waals surface area contributed by atoms with Gasteiger partial charge in [-0.25, -0.2) is 0 Å². The molecule has 3 aromatic rings. The van der Waals surface area contributed by atoms with Crippen LogP contribution in [0.2, 0.25) is 0 Å². The van der Waals surface area contributed by atoms with Gasteiger partial charge in [0.1, 0.15) is 0 Å². The molecular formula is C26H30IrNO2-. The van der Waals surface area contributed by atoms with Gasteiger partial charge in [0.15, 0.2) is 5.78 Å². The molecule has 0 amide bonds. The van der Waals surface area contributed by atoms with E-state index in [0.29, 0.717) is 16.6 Å². The van der Waals surface area contributed by atoms with Crippen molar-refractivity contribution < 1.29 is 42.3 Å². The second-order valence-corrected chi connectivity index (χ2v) is 6.75. The molecule has 161 valence electrons. The number of hydrogen-bond donors (Lipinski definition) is 1. The van der Waals surface area contributed by atoms with Gasteiger partial charge in [-0.2, -0.15) is 0 Å². The third-order valence-corrected chi connectivity index (χ3v) is 3.80. The number of nitrogens with zero attached hydrogens (tertiary/aromatic N) is 1. The van der Waals surface area contributed by atoms with E-state index in [-0.39, 0.29) is 37.2 Å². The van der Waals surface area contributed by atoms with Gasteiger partial charge in [-0.05, 0) is 48.8 Å². The number of carbonyl (C=O) groups excluding carboxylic acids is 1. The van der Waals surface area contributed by atoms with Crippen LogP contribution >= 0.6 is 0 Å². The number of aromatic nitrogens is 1. The molecule has 30 heavy (non-hydrogen) atoms. The summed E-state index contributed by atoms with van der Waals surface area (Å²) in [6, 6.07) is 14.9. The molecule has 0 spiro atoms. The summed E-state index contributed by atoms with van der Waals surface area (Å²) in [6.45, 7) is -0.0572. The van der Waals surface area contributed by atoms with E-state index in [9.17, 15) is 4.79 Å². The number of aliphatic hydroxyl groups is 1. The zero-order chi connectivity index (χ0) is 29.3. The molecule has 1 radical (unpaired) electrons. The summed E-state index contributed by atoms with van der Waals surface area (Å²) < 4.78 is 70.8. The van der Waals surface area contributed by atoms with Crippen molar-refractivity contribution in [1.29, 1.82) is 0 Å². The van der Waals surface area contributed by atoms with Gasteiger partial charge in [0.25, 0.3) is 0 Å². The molecular weight excluding hydrogens is 551 g/mol. The van der Waals surface area contributed by atoms with Crippen LogP contribution in [0, 0.1) is 25.8 Å². The summed E-state index contributed by atoms with van der Waals surface area (Å²) >= 11 is 0. The maximum Gasteiger partial charge on any atom is 0.155 e. The largest absolute Gasteiger partial charge is 0.512 e. The number of pyridine rings is 1. The SMILES string of the molecule is CC(=O)/C=C(/C)O.[2H]C([2H])([2H])C([2H])(C([2H])([2H])[2H])C([2H])([2H])c1ccc2ccc(-c3[c-]c(C)cc(C)c3)nc2c1.[Ir]. The van der Waals surface area contributed by atoms with Crippen molar-refractivity contribution in [3.63, 3.8) is 0 Å². The van der Waals surface area contributed by atoms with E-state index in [4.69, 9.17) is 17.4 Å². The Balaban J connectivity index is 0.000000841. The second kappa shape index (κ2) is 11.8. The zero-order valence-electron chi connectivity index (χ0n) is 26.3. The molecule has 0 unspecified atom stereocenters. The maximum absolute atomic E-state index is 10.0. The molecule has 0 aliphatic rings. The van der Waals surface area contributed by atoms with Crippen molar-refractivity contribution in [1.82, 2.24) is 4.98 Å². The number of carbonyl (C=O) groups is 1. The van der Waals surface area contributed by atoms with Crippen LogP contribution < -0.4 is 0 Å². The number of rotatable bonds is 4. The summed E-state index contributed by atoms with van der Waals surface area (Å²) in [5.74, 6) is -3.42.